The van der Waals surface area contributed by atoms with Crippen LogP contribution in [0, 0.1) is 11.6 Å². The molecule has 43 heavy (non-hydrogen) atoms. The van der Waals surface area contributed by atoms with Crippen LogP contribution in [-0.4, -0.2) is 55.7 Å². The number of nitrogens with zero attached hydrogens (tertiary/aromatic N) is 4. The van der Waals surface area contributed by atoms with E-state index in [1.165, 1.54) is 30.5 Å². The molecule has 1 saturated heterocycles. The summed E-state index contributed by atoms with van der Waals surface area (Å²) in [5.41, 5.74) is 8.19. The average molecular weight is 603 g/mol. The number of carboxylic acid groups (broad SMARTS) is 1. The minimum Gasteiger partial charge on any atom is -0.480 e. The Labute approximate surface area is 250 Å². The van der Waals surface area contributed by atoms with E-state index >= 15 is 0 Å². The van der Waals surface area contributed by atoms with Crippen LogP contribution in [0.2, 0.25) is 0 Å². The van der Waals surface area contributed by atoms with Gasteiger partial charge in [0.2, 0.25) is 5.95 Å². The predicted molar refractivity (Wildman–Crippen MR) is 159 cm³/mol. The van der Waals surface area contributed by atoms with E-state index in [4.69, 9.17) is 22.3 Å². The summed E-state index contributed by atoms with van der Waals surface area (Å²) in [5, 5.41) is 12.5. The molecule has 3 heterocycles. The van der Waals surface area contributed by atoms with E-state index in [0.717, 1.165) is 5.56 Å². The lowest BCUT2D eigenvalue weighted by Gasteiger charge is -2.36. The Kier molecular flexibility index (Phi) is 7.37. The van der Waals surface area contributed by atoms with Crippen LogP contribution in [0.25, 0.3) is 11.1 Å². The number of hydrogen-bond donors (Lipinski definition) is 3. The highest BCUT2D eigenvalue weighted by atomic mass is 35.5. The van der Waals surface area contributed by atoms with E-state index in [0.29, 0.717) is 34.5 Å². The van der Waals surface area contributed by atoms with Gasteiger partial charge in [-0.3, -0.25) is 9.59 Å². The number of rotatable bonds is 5. The molecule has 0 radical (unpaired) electrons. The number of carboxylic acids is 1. The molecule has 9 nitrogen and oxygen atoms in total. The summed E-state index contributed by atoms with van der Waals surface area (Å²) in [7, 11) is 0. The van der Waals surface area contributed by atoms with Crippen LogP contribution in [0.4, 0.5) is 20.4 Å². The Morgan fingerprint density at radius 1 is 1.02 bits per heavy atom. The number of piperidine rings is 1. The standard InChI is InChI=1S/C31H25ClF2N6O3/c32-25-14-21(26-23(33)2-1-3-24(26)34)20-9-6-18-15-37-30(39-27(18)22(20)16-36-25)38-19-7-4-17(5-8-19)28(41)40-12-10-31(35,11-13-40)29(42)43/h1-5,7-9,14-16H,6,10-13,35H2,(H,42,43)(H,37,38,39). The number of nitrogens with one attached hydrogen (secondary N) is 1. The zero-order valence-corrected chi connectivity index (χ0v) is 23.4. The number of benzene rings is 2. The third kappa shape index (κ3) is 5.44. The van der Waals surface area contributed by atoms with E-state index in [-0.39, 0.29) is 54.1 Å². The molecule has 1 aliphatic carbocycles. The van der Waals surface area contributed by atoms with Crippen LogP contribution in [0.3, 0.4) is 0 Å². The molecule has 3 aliphatic rings. The molecule has 6 rings (SSSR count). The van der Waals surface area contributed by atoms with Gasteiger partial charge in [-0.1, -0.05) is 23.7 Å². The van der Waals surface area contributed by atoms with E-state index < -0.39 is 23.1 Å². The topological polar surface area (TPSA) is 134 Å². The maximum atomic E-state index is 14.8. The van der Waals surface area contributed by atoms with Crippen LogP contribution in [0.5, 0.6) is 0 Å². The fraction of sp³-hybridized carbons (Fsp3) is 0.194. The summed E-state index contributed by atoms with van der Waals surface area (Å²) in [6.45, 7) is 0.513. The SMILES string of the molecule is NC1(C(=O)O)CCN(C(=O)c2ccc(Nc3ncc4c(n3)C3=CN=C(Cl)C=C(c5c(F)cccc5F)C3=CC4)cc2)CC1. The molecule has 3 aromatic rings. The number of aliphatic imine (C=N–C) groups is 1. The number of aliphatic carboxylic acids is 1. The number of aromatic nitrogens is 2. The van der Waals surface area contributed by atoms with Gasteiger partial charge in [0.25, 0.3) is 5.91 Å². The first kappa shape index (κ1) is 28.4. The van der Waals surface area contributed by atoms with Crippen molar-refractivity contribution >= 4 is 51.4 Å². The van der Waals surface area contributed by atoms with Crippen molar-refractivity contribution in [3.63, 3.8) is 0 Å². The number of halogens is 3. The molecule has 0 spiro atoms. The molecule has 0 atom stereocenters. The van der Waals surface area contributed by atoms with Crippen molar-refractivity contribution in [2.24, 2.45) is 10.7 Å². The van der Waals surface area contributed by atoms with Gasteiger partial charge in [-0.2, -0.15) is 0 Å². The number of anilines is 2. The van der Waals surface area contributed by atoms with Crippen LogP contribution in [0.1, 0.15) is 40.0 Å². The number of nitrogens with two attached hydrogens (primary N) is 1. The summed E-state index contributed by atoms with van der Waals surface area (Å²) in [6.07, 6.45) is 7.28. The first-order valence-corrected chi connectivity index (χ1v) is 13.9. The predicted octanol–water partition coefficient (Wildman–Crippen LogP) is 5.07. The van der Waals surface area contributed by atoms with Gasteiger partial charge in [0, 0.05) is 47.9 Å². The van der Waals surface area contributed by atoms with Crippen LogP contribution in [0.15, 0.2) is 77.6 Å². The number of carbonyl (C=O) groups is 2. The van der Waals surface area contributed by atoms with Crippen molar-refractivity contribution in [3.8, 4) is 0 Å². The summed E-state index contributed by atoms with van der Waals surface area (Å²) in [4.78, 5) is 39.3. The van der Waals surface area contributed by atoms with Crippen molar-refractivity contribution in [2.75, 3.05) is 18.4 Å². The van der Waals surface area contributed by atoms with E-state index in [2.05, 4.69) is 15.3 Å². The largest absolute Gasteiger partial charge is 0.480 e. The fourth-order valence-electron chi connectivity index (χ4n) is 5.34. The van der Waals surface area contributed by atoms with Crippen molar-refractivity contribution in [3.05, 3.63) is 107 Å². The lowest BCUT2D eigenvalue weighted by molar-refractivity contribution is -0.145. The Morgan fingerprint density at radius 3 is 2.40 bits per heavy atom. The van der Waals surface area contributed by atoms with Gasteiger partial charge < -0.3 is 21.1 Å². The number of carbonyl (C=O) groups excluding carboxylic acids is 1. The molecule has 12 heteroatoms. The van der Waals surface area contributed by atoms with Crippen molar-refractivity contribution in [2.45, 2.75) is 24.8 Å². The van der Waals surface area contributed by atoms with Gasteiger partial charge in [-0.05, 0) is 72.9 Å². The van der Waals surface area contributed by atoms with Crippen LogP contribution in [-0.2, 0) is 11.2 Å². The molecule has 0 unspecified atom stereocenters. The Hall–Kier alpha value is -4.74. The minimum atomic E-state index is -1.31. The molecule has 2 aliphatic heterocycles. The highest BCUT2D eigenvalue weighted by molar-refractivity contribution is 6.69. The van der Waals surface area contributed by atoms with Gasteiger partial charge in [0.1, 0.15) is 22.3 Å². The highest BCUT2D eigenvalue weighted by Gasteiger charge is 2.39. The van der Waals surface area contributed by atoms with Gasteiger partial charge >= 0.3 is 5.97 Å². The monoisotopic (exact) mass is 602 g/mol. The van der Waals surface area contributed by atoms with Crippen molar-refractivity contribution in [1.29, 1.82) is 0 Å². The lowest BCUT2D eigenvalue weighted by atomic mass is 9.84. The molecular weight excluding hydrogens is 578 g/mol. The van der Waals surface area contributed by atoms with Gasteiger partial charge in [-0.25, -0.2) is 23.7 Å². The molecule has 0 bridgehead atoms. The summed E-state index contributed by atoms with van der Waals surface area (Å²) in [5.74, 6) is -2.44. The number of allylic oxidation sites excluding steroid dienone is 5. The molecule has 218 valence electrons. The second kappa shape index (κ2) is 11.2. The highest BCUT2D eigenvalue weighted by Crippen LogP contribution is 2.41. The molecule has 0 saturated carbocycles. The van der Waals surface area contributed by atoms with Crippen LogP contribution < -0.4 is 11.1 Å². The summed E-state index contributed by atoms with van der Waals surface area (Å²) in [6, 6.07) is 10.4. The van der Waals surface area contributed by atoms with E-state index in [9.17, 15) is 23.5 Å². The second-order valence-corrected chi connectivity index (χ2v) is 10.9. The van der Waals surface area contributed by atoms with Gasteiger partial charge in [0.05, 0.1) is 11.3 Å². The van der Waals surface area contributed by atoms with Crippen LogP contribution >= 0.6 is 11.6 Å². The number of hydrogen-bond acceptors (Lipinski definition) is 7. The molecule has 2 aromatic carbocycles. The number of fused-ring (bicyclic) bond motifs is 3. The Balaban J connectivity index is 1.22. The van der Waals surface area contributed by atoms with Gasteiger partial charge in [0.15, 0.2) is 0 Å². The molecule has 1 fully saturated rings. The number of likely N-dealkylation sites (tertiary alicyclic amines) is 1. The Morgan fingerprint density at radius 2 is 1.72 bits per heavy atom. The van der Waals surface area contributed by atoms with Crippen molar-refractivity contribution < 1.29 is 23.5 Å². The van der Waals surface area contributed by atoms with Crippen molar-refractivity contribution in [1.82, 2.24) is 14.9 Å². The zero-order valence-electron chi connectivity index (χ0n) is 22.7. The minimum absolute atomic E-state index is 0.0674. The normalized spacial score (nSPS) is 17.3. The quantitative estimate of drug-likeness (QED) is 0.371. The summed E-state index contributed by atoms with van der Waals surface area (Å²) >= 11 is 6.27. The van der Waals surface area contributed by atoms with Gasteiger partial charge in [-0.15, -0.1) is 0 Å². The maximum Gasteiger partial charge on any atom is 0.323 e. The maximum absolute atomic E-state index is 14.8. The second-order valence-electron chi connectivity index (χ2n) is 10.5. The first-order valence-electron chi connectivity index (χ1n) is 13.5. The van der Waals surface area contributed by atoms with E-state index in [1.807, 2.05) is 6.08 Å². The zero-order chi connectivity index (χ0) is 30.3. The molecular formula is C31H25ClF2N6O3. The third-order valence-corrected chi connectivity index (χ3v) is 8.00. The smallest absolute Gasteiger partial charge is 0.323 e. The van der Waals surface area contributed by atoms with E-state index in [1.54, 1.807) is 35.4 Å². The molecule has 1 aromatic heterocycles. The molecule has 4 N–H and O–H groups in total. The average Bonchev–Trinajstić information content (AvgIpc) is 3.16. The lowest BCUT2D eigenvalue weighted by Crippen LogP contribution is -2.56. The number of amides is 1. The third-order valence-electron chi connectivity index (χ3n) is 7.80. The Bertz CT molecular complexity index is 1760. The first-order chi connectivity index (χ1) is 20.6. The summed E-state index contributed by atoms with van der Waals surface area (Å²) < 4.78 is 29.6. The molecule has 1 amide bonds. The fourth-order valence-corrected chi connectivity index (χ4v) is 5.50.